The maximum atomic E-state index is 9.39. The molecule has 1 N–H and O–H groups in total. The van der Waals surface area contributed by atoms with E-state index in [2.05, 4.69) is 29.8 Å². The van der Waals surface area contributed by atoms with Crippen molar-refractivity contribution in [2.45, 2.75) is 64.8 Å². The maximum absolute atomic E-state index is 9.39. The van der Waals surface area contributed by atoms with Crippen LogP contribution in [0.15, 0.2) is 6.07 Å². The predicted octanol–water partition coefficient (Wildman–Crippen LogP) is 3.04. The molecule has 1 aliphatic carbocycles. The van der Waals surface area contributed by atoms with Gasteiger partial charge in [-0.1, -0.05) is 33.1 Å². The van der Waals surface area contributed by atoms with Gasteiger partial charge in [-0.25, -0.2) is 9.97 Å². The fourth-order valence-corrected chi connectivity index (χ4v) is 2.96. The number of hydrogen-bond acceptors (Lipinski definition) is 4. The lowest BCUT2D eigenvalue weighted by atomic mass is 9.94. The summed E-state index contributed by atoms with van der Waals surface area (Å²) in [5.74, 6) is 2.22. The molecule has 0 amide bonds. The molecule has 0 aromatic carbocycles. The summed E-state index contributed by atoms with van der Waals surface area (Å²) in [6, 6.07) is 2.57. The summed E-state index contributed by atoms with van der Waals surface area (Å²) in [4.78, 5) is 11.5. The first-order valence-electron chi connectivity index (χ1n) is 7.85. The molecule has 1 aromatic heterocycles. The zero-order valence-corrected chi connectivity index (χ0v) is 13.0. The lowest BCUT2D eigenvalue weighted by Gasteiger charge is -2.35. The van der Waals surface area contributed by atoms with E-state index in [1.165, 1.54) is 32.1 Å². The van der Waals surface area contributed by atoms with Crippen LogP contribution in [0.3, 0.4) is 0 Å². The van der Waals surface area contributed by atoms with Gasteiger partial charge in [0.25, 0.3) is 0 Å². The van der Waals surface area contributed by atoms with Crippen LogP contribution in [-0.2, 0) is 0 Å². The second kappa shape index (κ2) is 7.02. The average molecular weight is 277 g/mol. The molecule has 1 aromatic rings. The molecule has 0 bridgehead atoms. The van der Waals surface area contributed by atoms with E-state index in [0.717, 1.165) is 17.3 Å². The Labute approximate surface area is 122 Å². The molecule has 112 valence electrons. The third kappa shape index (κ3) is 3.69. The number of rotatable bonds is 5. The summed E-state index contributed by atoms with van der Waals surface area (Å²) in [6.07, 6.45) is 6.32. The molecule has 4 nitrogen and oxygen atoms in total. The van der Waals surface area contributed by atoms with E-state index in [-0.39, 0.29) is 6.61 Å². The van der Waals surface area contributed by atoms with Crippen molar-refractivity contribution in [3.63, 3.8) is 0 Å². The van der Waals surface area contributed by atoms with E-state index in [9.17, 15) is 5.11 Å². The second-order valence-corrected chi connectivity index (χ2v) is 6.09. The van der Waals surface area contributed by atoms with Crippen molar-refractivity contribution in [2.24, 2.45) is 0 Å². The van der Waals surface area contributed by atoms with Gasteiger partial charge in [0.1, 0.15) is 11.6 Å². The molecular weight excluding hydrogens is 250 g/mol. The summed E-state index contributed by atoms with van der Waals surface area (Å²) >= 11 is 0. The van der Waals surface area contributed by atoms with Crippen LogP contribution in [0.5, 0.6) is 0 Å². The van der Waals surface area contributed by atoms with E-state index in [4.69, 9.17) is 4.98 Å². The number of aliphatic hydroxyl groups excluding tert-OH is 1. The smallest absolute Gasteiger partial charge is 0.133 e. The average Bonchev–Trinajstić information content (AvgIpc) is 2.45. The van der Waals surface area contributed by atoms with Gasteiger partial charge < -0.3 is 10.0 Å². The number of nitrogens with zero attached hydrogens (tertiary/aromatic N) is 3. The minimum atomic E-state index is 0.177. The fourth-order valence-electron chi connectivity index (χ4n) is 2.96. The molecule has 1 fully saturated rings. The zero-order valence-electron chi connectivity index (χ0n) is 13.0. The van der Waals surface area contributed by atoms with Gasteiger partial charge in [-0.2, -0.15) is 0 Å². The van der Waals surface area contributed by atoms with E-state index in [1.807, 2.05) is 6.92 Å². The predicted molar refractivity (Wildman–Crippen MR) is 82.2 cm³/mol. The standard InChI is InChI=1S/C16H27N3O/c1-12(2)16-17-13(3)11-15(18-16)19(9-10-20)14-7-5-4-6-8-14/h11-12,14,20H,4-10H2,1-3H3. The monoisotopic (exact) mass is 277 g/mol. The lowest BCUT2D eigenvalue weighted by Crippen LogP contribution is -2.39. The van der Waals surface area contributed by atoms with E-state index >= 15 is 0 Å². The molecule has 1 saturated carbocycles. The first-order chi connectivity index (χ1) is 9.61. The SMILES string of the molecule is Cc1cc(N(CCO)C2CCCCC2)nc(C(C)C)n1. The highest BCUT2D eigenvalue weighted by atomic mass is 16.3. The maximum Gasteiger partial charge on any atom is 0.133 e. The van der Waals surface area contributed by atoms with Crippen molar-refractivity contribution in [1.82, 2.24) is 9.97 Å². The Hall–Kier alpha value is -1.16. The summed E-state index contributed by atoms with van der Waals surface area (Å²) in [7, 11) is 0. The number of hydrogen-bond donors (Lipinski definition) is 1. The molecular formula is C16H27N3O. The van der Waals surface area contributed by atoms with Gasteiger partial charge >= 0.3 is 0 Å². The second-order valence-electron chi connectivity index (χ2n) is 6.09. The minimum absolute atomic E-state index is 0.177. The summed E-state index contributed by atoms with van der Waals surface area (Å²) in [5.41, 5.74) is 1.01. The third-order valence-electron chi connectivity index (χ3n) is 4.03. The van der Waals surface area contributed by atoms with E-state index in [1.54, 1.807) is 0 Å². The number of aryl methyl sites for hydroxylation is 1. The first-order valence-corrected chi connectivity index (χ1v) is 7.85. The summed E-state index contributed by atoms with van der Waals surface area (Å²) < 4.78 is 0. The number of anilines is 1. The van der Waals surface area contributed by atoms with Crippen molar-refractivity contribution >= 4 is 5.82 Å². The Morgan fingerprint density at radius 1 is 1.25 bits per heavy atom. The van der Waals surface area contributed by atoms with Crippen molar-refractivity contribution < 1.29 is 5.11 Å². The van der Waals surface area contributed by atoms with E-state index < -0.39 is 0 Å². The van der Waals surface area contributed by atoms with Crippen LogP contribution < -0.4 is 4.90 Å². The van der Waals surface area contributed by atoms with Crippen molar-refractivity contribution in [3.8, 4) is 0 Å². The van der Waals surface area contributed by atoms with Gasteiger partial charge in [-0.15, -0.1) is 0 Å². The molecule has 0 aliphatic heterocycles. The summed E-state index contributed by atoms with van der Waals surface area (Å²) in [5, 5.41) is 9.39. The quantitative estimate of drug-likeness (QED) is 0.898. The van der Waals surface area contributed by atoms with Crippen LogP contribution in [0, 0.1) is 6.92 Å². The topological polar surface area (TPSA) is 49.2 Å². The molecule has 0 atom stereocenters. The molecule has 4 heteroatoms. The number of aliphatic hydroxyl groups is 1. The van der Waals surface area contributed by atoms with Crippen molar-refractivity contribution in [2.75, 3.05) is 18.1 Å². The van der Waals surface area contributed by atoms with Crippen LogP contribution in [0.4, 0.5) is 5.82 Å². The van der Waals surface area contributed by atoms with Gasteiger partial charge in [0.05, 0.1) is 6.61 Å². The largest absolute Gasteiger partial charge is 0.395 e. The highest BCUT2D eigenvalue weighted by Gasteiger charge is 2.23. The molecule has 0 spiro atoms. The van der Waals surface area contributed by atoms with Gasteiger partial charge in [-0.3, -0.25) is 0 Å². The van der Waals surface area contributed by atoms with Gasteiger partial charge in [0.15, 0.2) is 0 Å². The van der Waals surface area contributed by atoms with Crippen LogP contribution in [0.25, 0.3) is 0 Å². The zero-order chi connectivity index (χ0) is 14.5. The lowest BCUT2D eigenvalue weighted by molar-refractivity contribution is 0.289. The van der Waals surface area contributed by atoms with Gasteiger partial charge in [0.2, 0.25) is 0 Å². The Morgan fingerprint density at radius 2 is 1.95 bits per heavy atom. The Bertz CT molecular complexity index is 428. The molecule has 0 saturated heterocycles. The highest BCUT2D eigenvalue weighted by Crippen LogP contribution is 2.27. The number of aromatic nitrogens is 2. The molecule has 1 heterocycles. The Balaban J connectivity index is 2.27. The Morgan fingerprint density at radius 3 is 2.55 bits per heavy atom. The molecule has 2 rings (SSSR count). The molecule has 0 unspecified atom stereocenters. The fraction of sp³-hybridized carbons (Fsp3) is 0.750. The van der Waals surface area contributed by atoms with E-state index in [0.29, 0.717) is 18.5 Å². The van der Waals surface area contributed by atoms with Crippen molar-refractivity contribution in [3.05, 3.63) is 17.6 Å². The van der Waals surface area contributed by atoms with Crippen LogP contribution in [0.2, 0.25) is 0 Å². The third-order valence-corrected chi connectivity index (χ3v) is 4.03. The normalized spacial score (nSPS) is 16.6. The van der Waals surface area contributed by atoms with Crippen LogP contribution >= 0.6 is 0 Å². The highest BCUT2D eigenvalue weighted by molar-refractivity contribution is 5.41. The van der Waals surface area contributed by atoms with Crippen molar-refractivity contribution in [1.29, 1.82) is 0 Å². The summed E-state index contributed by atoms with van der Waals surface area (Å²) in [6.45, 7) is 7.11. The van der Waals surface area contributed by atoms with Gasteiger partial charge in [-0.05, 0) is 19.8 Å². The first kappa shape index (κ1) is 15.2. The molecule has 20 heavy (non-hydrogen) atoms. The minimum Gasteiger partial charge on any atom is -0.395 e. The van der Waals surface area contributed by atoms with Gasteiger partial charge in [0, 0.05) is 30.3 Å². The van der Waals surface area contributed by atoms with Crippen LogP contribution in [0.1, 0.15) is 63.4 Å². The Kier molecular flexibility index (Phi) is 5.35. The molecule has 1 aliphatic rings. The van der Waals surface area contributed by atoms with Crippen LogP contribution in [-0.4, -0.2) is 34.3 Å². The molecule has 0 radical (unpaired) electrons.